The third-order valence-electron chi connectivity index (χ3n) is 3.89. The van der Waals surface area contributed by atoms with Crippen molar-refractivity contribution in [3.63, 3.8) is 0 Å². The van der Waals surface area contributed by atoms with Crippen molar-refractivity contribution in [1.82, 2.24) is 0 Å². The van der Waals surface area contributed by atoms with Crippen molar-refractivity contribution < 1.29 is 74.6 Å². The van der Waals surface area contributed by atoms with Crippen molar-refractivity contribution in [1.29, 1.82) is 0 Å². The molecule has 0 radical (unpaired) electrons. The van der Waals surface area contributed by atoms with E-state index in [4.69, 9.17) is 0 Å². The average molecular weight is 472 g/mol. The van der Waals surface area contributed by atoms with Gasteiger partial charge in [0.2, 0.25) is 0 Å². The Hall–Kier alpha value is -1.45. The maximum atomic E-state index is 13.7. The monoisotopic (exact) mass is 472 g/mol. The summed E-state index contributed by atoms with van der Waals surface area (Å²) < 4.78 is 219. The van der Waals surface area contributed by atoms with E-state index in [0.29, 0.717) is 0 Å². The molecule has 29 heavy (non-hydrogen) atoms. The molecule has 1 aliphatic rings. The summed E-state index contributed by atoms with van der Waals surface area (Å²) in [6, 6.07) is 0. The summed E-state index contributed by atoms with van der Waals surface area (Å²) in [5.74, 6) is -50.0. The largest absolute Gasteiger partial charge is 0.460 e. The van der Waals surface area contributed by atoms with E-state index in [-0.39, 0.29) is 0 Å². The molecule has 172 valence electrons. The van der Waals surface area contributed by atoms with Gasteiger partial charge in [-0.05, 0) is 12.5 Å². The van der Waals surface area contributed by atoms with Crippen molar-refractivity contribution in [2.45, 2.75) is 60.5 Å². The summed E-state index contributed by atoms with van der Waals surface area (Å²) in [5, 5.41) is 0. The van der Waals surface area contributed by atoms with Gasteiger partial charge in [0.15, 0.2) is 0 Å². The molecule has 0 N–H and O–H groups in total. The van der Waals surface area contributed by atoms with Gasteiger partial charge in [0.05, 0.1) is 0 Å². The maximum absolute atomic E-state index is 13.7. The lowest BCUT2D eigenvalue weighted by Gasteiger charge is -2.41. The molecule has 0 heterocycles. The quantitative estimate of drug-likeness (QED) is 0.308. The van der Waals surface area contributed by atoms with Gasteiger partial charge in [-0.1, -0.05) is 0 Å². The van der Waals surface area contributed by atoms with Crippen LogP contribution in [-0.2, 0) is 0 Å². The molecular weight excluding hydrogens is 467 g/mol. The second-order valence-corrected chi connectivity index (χ2v) is 5.87. The topological polar surface area (TPSA) is 0 Å². The van der Waals surface area contributed by atoms with Crippen molar-refractivity contribution in [2.75, 3.05) is 0 Å². The highest BCUT2D eigenvalue weighted by atomic mass is 19.4. The molecule has 17 heteroatoms. The molecule has 0 nitrogen and oxygen atoms in total. The molecule has 1 rings (SSSR count). The molecule has 0 aromatic rings. The Bertz CT molecular complexity index is 664. The minimum absolute atomic E-state index is 1.65. The molecule has 0 spiro atoms. The minimum Gasteiger partial charge on any atom is -0.200 e. The van der Waals surface area contributed by atoms with Gasteiger partial charge in [0.25, 0.3) is 0 Å². The Balaban J connectivity index is 3.58. The first kappa shape index (κ1) is 25.6. The second kappa shape index (κ2) is 6.28. The lowest BCUT2D eigenvalue weighted by Crippen LogP contribution is -2.70. The van der Waals surface area contributed by atoms with Crippen LogP contribution in [0.4, 0.5) is 74.6 Å². The van der Waals surface area contributed by atoms with E-state index in [0.717, 1.165) is 0 Å². The van der Waals surface area contributed by atoms with Crippen LogP contribution in [0.25, 0.3) is 0 Å². The highest BCUT2D eigenvalue weighted by molar-refractivity contribution is 5.28. The molecule has 0 bridgehead atoms. The highest BCUT2D eigenvalue weighted by Gasteiger charge is 2.91. The van der Waals surface area contributed by atoms with Crippen LogP contribution >= 0.6 is 0 Å². The predicted octanol–water partition coefficient (Wildman–Crippen LogP) is 6.72. The Morgan fingerprint density at radius 1 is 0.586 bits per heavy atom. The summed E-state index contributed by atoms with van der Waals surface area (Å²) in [6.45, 7) is 0. The number of alkyl halides is 17. The molecule has 0 aromatic heterocycles. The van der Waals surface area contributed by atoms with E-state index in [2.05, 4.69) is 0 Å². The van der Waals surface area contributed by atoms with Gasteiger partial charge in [0, 0.05) is 12.0 Å². The standard InChI is InChI=1S/C12H5F17/c13-5(14)2-1-4(3-6(5,15)16)7(17,18)8(19,20)9(21,22)10(23,24)11(25,26)12(27,28)29/h3H,1-2H2. The zero-order valence-electron chi connectivity index (χ0n) is 12.9. The first-order valence-electron chi connectivity index (χ1n) is 6.75. The molecule has 1 aliphatic carbocycles. The summed E-state index contributed by atoms with van der Waals surface area (Å²) in [5.41, 5.74) is -2.98. The molecule has 0 amide bonds. The third kappa shape index (κ3) is 3.31. The van der Waals surface area contributed by atoms with Gasteiger partial charge in [-0.3, -0.25) is 0 Å². The van der Waals surface area contributed by atoms with Gasteiger partial charge in [-0.2, -0.15) is 74.6 Å². The smallest absolute Gasteiger partial charge is 0.200 e. The van der Waals surface area contributed by atoms with E-state index in [1.165, 1.54) is 0 Å². The average Bonchev–Trinajstić information content (AvgIpc) is 2.47. The summed E-state index contributed by atoms with van der Waals surface area (Å²) in [6.07, 6.45) is -13.9. The molecule has 0 aromatic carbocycles. The Morgan fingerprint density at radius 2 is 0.966 bits per heavy atom. The van der Waals surface area contributed by atoms with Crippen LogP contribution in [0, 0.1) is 0 Å². The Morgan fingerprint density at radius 3 is 1.31 bits per heavy atom. The number of allylic oxidation sites excluding steroid dienone is 2. The van der Waals surface area contributed by atoms with Gasteiger partial charge in [-0.25, -0.2) is 0 Å². The van der Waals surface area contributed by atoms with Crippen LogP contribution in [-0.4, -0.2) is 47.6 Å². The summed E-state index contributed by atoms with van der Waals surface area (Å²) in [4.78, 5) is 0. The van der Waals surface area contributed by atoms with Crippen LogP contribution in [0.3, 0.4) is 0 Å². The van der Waals surface area contributed by atoms with Crippen LogP contribution < -0.4 is 0 Å². The normalized spacial score (nSPS) is 21.8. The zero-order chi connectivity index (χ0) is 23.7. The van der Waals surface area contributed by atoms with Crippen LogP contribution in [0.2, 0.25) is 0 Å². The second-order valence-electron chi connectivity index (χ2n) is 5.87. The van der Waals surface area contributed by atoms with Gasteiger partial charge in [0.1, 0.15) is 0 Å². The van der Waals surface area contributed by atoms with E-state index in [1.807, 2.05) is 0 Å². The first-order valence-corrected chi connectivity index (χ1v) is 6.75. The molecule has 0 unspecified atom stereocenters. The molecule has 0 fully saturated rings. The molecule has 0 saturated carbocycles. The van der Waals surface area contributed by atoms with E-state index in [1.54, 1.807) is 0 Å². The lowest BCUT2D eigenvalue weighted by atomic mass is 9.84. The van der Waals surface area contributed by atoms with E-state index in [9.17, 15) is 74.6 Å². The highest BCUT2D eigenvalue weighted by Crippen LogP contribution is 2.62. The van der Waals surface area contributed by atoms with E-state index >= 15 is 0 Å². The molecule has 0 atom stereocenters. The number of rotatable bonds is 5. The minimum atomic E-state index is -8.20. The Kier molecular flexibility index (Phi) is 5.54. The van der Waals surface area contributed by atoms with Crippen LogP contribution in [0.1, 0.15) is 12.8 Å². The SMILES string of the molecule is FC(F)(F)C(F)(F)C(F)(F)C(F)(F)C(F)(F)C(F)(F)C1=CC(F)(F)C(F)(F)CC1. The van der Waals surface area contributed by atoms with Gasteiger partial charge in [-0.15, -0.1) is 0 Å². The molecule has 0 aliphatic heterocycles. The van der Waals surface area contributed by atoms with Crippen molar-refractivity contribution in [3.8, 4) is 0 Å². The van der Waals surface area contributed by atoms with Crippen molar-refractivity contribution >= 4 is 0 Å². The summed E-state index contributed by atoms with van der Waals surface area (Å²) >= 11 is 0. The van der Waals surface area contributed by atoms with Crippen molar-refractivity contribution in [2.24, 2.45) is 0 Å². The fourth-order valence-corrected chi connectivity index (χ4v) is 2.07. The Labute approximate surface area is 148 Å². The number of hydrogen-bond acceptors (Lipinski definition) is 0. The third-order valence-corrected chi connectivity index (χ3v) is 3.89. The fraction of sp³-hybridized carbons (Fsp3) is 0.833. The number of hydrogen-bond donors (Lipinski definition) is 0. The molecular formula is C12H5F17. The lowest BCUT2D eigenvalue weighted by molar-refractivity contribution is -0.437. The van der Waals surface area contributed by atoms with E-state index < -0.39 is 72.1 Å². The zero-order valence-corrected chi connectivity index (χ0v) is 12.9. The summed E-state index contributed by atoms with van der Waals surface area (Å²) in [7, 11) is 0. The predicted molar refractivity (Wildman–Crippen MR) is 58.0 cm³/mol. The van der Waals surface area contributed by atoms with Crippen LogP contribution in [0.15, 0.2) is 11.6 Å². The maximum Gasteiger partial charge on any atom is 0.460 e. The molecule has 0 saturated heterocycles. The van der Waals surface area contributed by atoms with Crippen LogP contribution in [0.5, 0.6) is 0 Å². The fourth-order valence-electron chi connectivity index (χ4n) is 2.07. The first-order chi connectivity index (χ1) is 12.3. The van der Waals surface area contributed by atoms with Gasteiger partial charge >= 0.3 is 47.6 Å². The van der Waals surface area contributed by atoms with Crippen molar-refractivity contribution in [3.05, 3.63) is 11.6 Å². The van der Waals surface area contributed by atoms with Gasteiger partial charge < -0.3 is 0 Å². The number of halogens is 17.